The molecule has 2 atom stereocenters. The van der Waals surface area contributed by atoms with Crippen molar-refractivity contribution in [3.05, 3.63) is 35.9 Å². The van der Waals surface area contributed by atoms with Crippen molar-refractivity contribution in [1.82, 2.24) is 4.90 Å². The first-order valence-corrected chi connectivity index (χ1v) is 6.06. The number of amides is 1. The van der Waals surface area contributed by atoms with E-state index in [9.17, 15) is 9.90 Å². The maximum Gasteiger partial charge on any atom is 0.410 e. The van der Waals surface area contributed by atoms with Crippen molar-refractivity contribution in [2.24, 2.45) is 5.73 Å². The quantitative estimate of drug-likeness (QED) is 0.855. The Morgan fingerprint density at radius 3 is 2.74 bits per heavy atom. The fourth-order valence-corrected chi connectivity index (χ4v) is 1.93. The molecule has 1 aliphatic heterocycles. The molecule has 0 aromatic heterocycles. The van der Waals surface area contributed by atoms with Crippen LogP contribution in [-0.2, 0) is 11.3 Å². The number of piperidine rings is 1. The topological polar surface area (TPSA) is 75.8 Å². The minimum Gasteiger partial charge on any atom is -0.445 e. The van der Waals surface area contributed by atoms with Crippen LogP contribution < -0.4 is 5.73 Å². The van der Waals surface area contributed by atoms with Crippen LogP contribution in [-0.4, -0.2) is 41.3 Å². The Balaban J connectivity index is 0.00000180. The average Bonchev–Trinajstić information content (AvgIpc) is 2.40. The smallest absolute Gasteiger partial charge is 0.410 e. The minimum atomic E-state index is -0.664. The highest BCUT2D eigenvalue weighted by atomic mass is 35.5. The number of nitrogens with two attached hydrogens (primary N) is 1. The van der Waals surface area contributed by atoms with Gasteiger partial charge in [-0.2, -0.15) is 0 Å². The van der Waals surface area contributed by atoms with Crippen LogP contribution in [0.5, 0.6) is 0 Å². The van der Waals surface area contributed by atoms with Crippen molar-refractivity contribution in [3.8, 4) is 0 Å². The minimum absolute atomic E-state index is 0. The van der Waals surface area contributed by atoms with Gasteiger partial charge < -0.3 is 20.5 Å². The Labute approximate surface area is 118 Å². The van der Waals surface area contributed by atoms with Gasteiger partial charge in [0.05, 0.1) is 12.6 Å². The molecule has 6 heteroatoms. The molecule has 1 amide bonds. The second-order valence-corrected chi connectivity index (χ2v) is 4.51. The summed E-state index contributed by atoms with van der Waals surface area (Å²) < 4.78 is 5.19. The Hall–Kier alpha value is -1.30. The number of benzene rings is 1. The summed E-state index contributed by atoms with van der Waals surface area (Å²) >= 11 is 0. The highest BCUT2D eigenvalue weighted by Crippen LogP contribution is 2.11. The van der Waals surface area contributed by atoms with Gasteiger partial charge in [0, 0.05) is 12.6 Å². The summed E-state index contributed by atoms with van der Waals surface area (Å²) in [6, 6.07) is 9.25. The van der Waals surface area contributed by atoms with E-state index in [4.69, 9.17) is 10.5 Å². The first kappa shape index (κ1) is 15.8. The van der Waals surface area contributed by atoms with Gasteiger partial charge in [-0.15, -0.1) is 12.4 Å². The molecule has 1 aromatic rings. The van der Waals surface area contributed by atoms with E-state index in [1.54, 1.807) is 0 Å². The van der Waals surface area contributed by atoms with Gasteiger partial charge in [-0.05, 0) is 12.0 Å². The molecule has 2 unspecified atom stereocenters. The molecule has 5 nitrogen and oxygen atoms in total. The summed E-state index contributed by atoms with van der Waals surface area (Å²) in [5.41, 5.74) is 6.62. The number of ether oxygens (including phenoxy) is 1. The summed E-state index contributed by atoms with van der Waals surface area (Å²) in [5.74, 6) is 0. The van der Waals surface area contributed by atoms with Gasteiger partial charge in [0.15, 0.2) is 0 Å². The van der Waals surface area contributed by atoms with E-state index in [1.807, 2.05) is 30.3 Å². The molecule has 106 valence electrons. The monoisotopic (exact) mass is 286 g/mol. The molecule has 0 aliphatic carbocycles. The summed E-state index contributed by atoms with van der Waals surface area (Å²) in [4.78, 5) is 13.3. The molecule has 19 heavy (non-hydrogen) atoms. The number of halogens is 1. The lowest BCUT2D eigenvalue weighted by atomic mass is 10.0. The number of rotatable bonds is 2. The number of carbonyl (C=O) groups excluding carboxylic acids is 1. The Morgan fingerprint density at radius 2 is 2.11 bits per heavy atom. The van der Waals surface area contributed by atoms with E-state index in [2.05, 4.69) is 0 Å². The first-order chi connectivity index (χ1) is 8.66. The van der Waals surface area contributed by atoms with Crippen molar-refractivity contribution >= 4 is 18.5 Å². The van der Waals surface area contributed by atoms with Crippen molar-refractivity contribution in [2.75, 3.05) is 13.1 Å². The number of β-amino-alcohol motifs (C(OH)–C–C–N with tert-alkyl or cyclic N) is 1. The summed E-state index contributed by atoms with van der Waals surface area (Å²) in [5, 5.41) is 9.61. The summed E-state index contributed by atoms with van der Waals surface area (Å²) in [7, 11) is 0. The Kier molecular flexibility index (Phi) is 6.08. The zero-order valence-electron chi connectivity index (χ0n) is 10.6. The second kappa shape index (κ2) is 7.33. The fourth-order valence-electron chi connectivity index (χ4n) is 1.93. The largest absolute Gasteiger partial charge is 0.445 e. The van der Waals surface area contributed by atoms with Crippen LogP contribution in [0.15, 0.2) is 30.3 Å². The number of hydrogen-bond acceptors (Lipinski definition) is 4. The molecule has 0 spiro atoms. The molecule has 2 rings (SSSR count). The van der Waals surface area contributed by atoms with Gasteiger partial charge in [0.1, 0.15) is 6.61 Å². The van der Waals surface area contributed by atoms with Crippen LogP contribution in [0.2, 0.25) is 0 Å². The summed E-state index contributed by atoms with van der Waals surface area (Å²) in [6.45, 7) is 1.03. The molecular formula is C13H19ClN2O3. The average molecular weight is 287 g/mol. The van der Waals surface area contributed by atoms with Crippen molar-refractivity contribution in [3.63, 3.8) is 0 Å². The lowest BCUT2D eigenvalue weighted by molar-refractivity contribution is 0.0360. The van der Waals surface area contributed by atoms with Crippen molar-refractivity contribution in [2.45, 2.75) is 25.2 Å². The number of aliphatic hydroxyl groups is 1. The Bertz CT molecular complexity index is 402. The third-order valence-electron chi connectivity index (χ3n) is 3.10. The first-order valence-electron chi connectivity index (χ1n) is 6.06. The fraction of sp³-hybridized carbons (Fsp3) is 0.462. The maximum atomic E-state index is 11.8. The van der Waals surface area contributed by atoms with E-state index in [0.29, 0.717) is 13.0 Å². The lowest BCUT2D eigenvalue weighted by Gasteiger charge is -2.33. The number of aliphatic hydroxyl groups excluding tert-OH is 1. The van der Waals surface area contributed by atoms with Crippen LogP contribution in [0.3, 0.4) is 0 Å². The van der Waals surface area contributed by atoms with Crippen LogP contribution >= 0.6 is 12.4 Å². The summed E-state index contributed by atoms with van der Waals surface area (Å²) in [6.07, 6.45) is -0.463. The van der Waals surface area contributed by atoms with Gasteiger partial charge in [-0.25, -0.2) is 4.79 Å². The molecular weight excluding hydrogens is 268 g/mol. The number of likely N-dealkylation sites (tertiary alicyclic amines) is 1. The van der Waals surface area contributed by atoms with E-state index in [1.165, 1.54) is 4.90 Å². The molecule has 1 aliphatic rings. The van der Waals surface area contributed by atoms with E-state index in [0.717, 1.165) is 5.56 Å². The van der Waals surface area contributed by atoms with Gasteiger partial charge in [-0.1, -0.05) is 30.3 Å². The molecule has 0 radical (unpaired) electrons. The van der Waals surface area contributed by atoms with Crippen molar-refractivity contribution < 1.29 is 14.6 Å². The maximum absolute atomic E-state index is 11.8. The zero-order chi connectivity index (χ0) is 13.0. The molecule has 3 N–H and O–H groups in total. The highest BCUT2D eigenvalue weighted by Gasteiger charge is 2.28. The van der Waals surface area contributed by atoms with Crippen molar-refractivity contribution in [1.29, 1.82) is 0 Å². The van der Waals surface area contributed by atoms with Gasteiger partial charge in [0.25, 0.3) is 0 Å². The zero-order valence-corrected chi connectivity index (χ0v) is 11.4. The van der Waals surface area contributed by atoms with Gasteiger partial charge in [-0.3, -0.25) is 0 Å². The van der Waals surface area contributed by atoms with Crippen LogP contribution in [0.4, 0.5) is 4.79 Å². The predicted octanol–water partition coefficient (Wildman–Crippen LogP) is 1.14. The molecule has 0 bridgehead atoms. The Morgan fingerprint density at radius 1 is 1.42 bits per heavy atom. The van der Waals surface area contributed by atoms with Crippen LogP contribution in [0, 0.1) is 0 Å². The number of carbonyl (C=O) groups is 1. The van der Waals surface area contributed by atoms with Crippen LogP contribution in [0.25, 0.3) is 0 Å². The predicted molar refractivity (Wildman–Crippen MR) is 74.0 cm³/mol. The number of hydrogen-bond donors (Lipinski definition) is 2. The molecule has 1 heterocycles. The molecule has 1 aromatic carbocycles. The third kappa shape index (κ3) is 4.38. The van der Waals surface area contributed by atoms with Crippen LogP contribution in [0.1, 0.15) is 12.0 Å². The standard InChI is InChI=1S/C13H18N2O3.ClH/c14-11-6-7-15(8-12(11)16)13(17)18-9-10-4-2-1-3-5-10;/h1-5,11-12,16H,6-9,14H2;1H. The van der Waals surface area contributed by atoms with Gasteiger partial charge >= 0.3 is 6.09 Å². The van der Waals surface area contributed by atoms with Gasteiger partial charge in [0.2, 0.25) is 0 Å². The van der Waals surface area contributed by atoms with E-state index < -0.39 is 12.2 Å². The number of nitrogens with zero attached hydrogens (tertiary/aromatic N) is 1. The normalized spacial score (nSPS) is 22.5. The molecule has 1 fully saturated rings. The second-order valence-electron chi connectivity index (χ2n) is 4.51. The molecule has 0 saturated carbocycles. The van der Waals surface area contributed by atoms with E-state index >= 15 is 0 Å². The molecule has 1 saturated heterocycles. The lowest BCUT2D eigenvalue weighted by Crippen LogP contribution is -2.52. The SMILES string of the molecule is Cl.NC1CCN(C(=O)OCc2ccccc2)CC1O. The van der Waals surface area contributed by atoms with E-state index in [-0.39, 0.29) is 31.6 Å². The highest BCUT2D eigenvalue weighted by molar-refractivity contribution is 5.85. The third-order valence-corrected chi connectivity index (χ3v) is 3.10.